The molecular formula is C16H20N2O2S. The summed E-state index contributed by atoms with van der Waals surface area (Å²) in [6, 6.07) is 6.20. The highest BCUT2D eigenvalue weighted by Crippen LogP contribution is 2.34. The van der Waals surface area contributed by atoms with Crippen molar-refractivity contribution in [1.82, 2.24) is 4.98 Å². The molecule has 2 N–H and O–H groups in total. The zero-order valence-electron chi connectivity index (χ0n) is 12.2. The summed E-state index contributed by atoms with van der Waals surface area (Å²) < 4.78 is 11.4. The number of hydrogen-bond acceptors (Lipinski definition) is 5. The highest BCUT2D eigenvalue weighted by molar-refractivity contribution is 7.09. The molecule has 1 atom stereocenters. The molecule has 0 saturated heterocycles. The van der Waals surface area contributed by atoms with Crippen LogP contribution in [0.5, 0.6) is 11.5 Å². The first-order valence-corrected chi connectivity index (χ1v) is 8.24. The third-order valence-electron chi connectivity index (χ3n) is 3.56. The van der Waals surface area contributed by atoms with Crippen molar-refractivity contribution in [2.24, 2.45) is 5.73 Å². The molecule has 4 nitrogen and oxygen atoms in total. The Morgan fingerprint density at radius 3 is 2.90 bits per heavy atom. The van der Waals surface area contributed by atoms with E-state index in [4.69, 9.17) is 15.2 Å². The first kappa shape index (κ1) is 14.4. The molecule has 21 heavy (non-hydrogen) atoms. The van der Waals surface area contributed by atoms with Gasteiger partial charge in [-0.1, -0.05) is 6.92 Å². The van der Waals surface area contributed by atoms with Crippen LogP contribution >= 0.6 is 11.3 Å². The second-order valence-corrected chi connectivity index (χ2v) is 6.15. The maximum absolute atomic E-state index is 5.99. The molecule has 0 fully saturated rings. The van der Waals surface area contributed by atoms with Gasteiger partial charge in [-0.2, -0.15) is 0 Å². The normalized spacial score (nSPS) is 15.5. The first-order chi connectivity index (χ1) is 10.3. The number of hydrogen-bond donors (Lipinski definition) is 1. The molecule has 0 aliphatic carbocycles. The van der Waals surface area contributed by atoms with Gasteiger partial charge in [0.2, 0.25) is 0 Å². The number of nitrogens with zero attached hydrogens (tertiary/aromatic N) is 1. The SMILES string of the molecule is CCC(N)Cc1nc(-c2ccc3c(c2)OCCCO3)cs1. The van der Waals surface area contributed by atoms with Gasteiger partial charge in [-0.15, -0.1) is 11.3 Å². The van der Waals surface area contributed by atoms with E-state index in [1.54, 1.807) is 11.3 Å². The van der Waals surface area contributed by atoms with Crippen LogP contribution in [0.25, 0.3) is 11.3 Å². The third-order valence-corrected chi connectivity index (χ3v) is 4.43. The van der Waals surface area contributed by atoms with Crippen molar-refractivity contribution < 1.29 is 9.47 Å². The van der Waals surface area contributed by atoms with E-state index in [1.807, 2.05) is 18.2 Å². The Balaban J connectivity index is 1.82. The Bertz CT molecular complexity index is 612. The Labute approximate surface area is 128 Å². The maximum Gasteiger partial charge on any atom is 0.161 e. The van der Waals surface area contributed by atoms with E-state index < -0.39 is 0 Å². The predicted octanol–water partition coefficient (Wildman–Crippen LogP) is 3.25. The maximum atomic E-state index is 5.99. The largest absolute Gasteiger partial charge is 0.490 e. The minimum atomic E-state index is 0.188. The Kier molecular flexibility index (Phi) is 4.41. The van der Waals surface area contributed by atoms with Crippen LogP contribution < -0.4 is 15.2 Å². The lowest BCUT2D eigenvalue weighted by atomic mass is 10.1. The molecular weight excluding hydrogens is 284 g/mol. The van der Waals surface area contributed by atoms with Crippen molar-refractivity contribution in [1.29, 1.82) is 0 Å². The van der Waals surface area contributed by atoms with Crippen molar-refractivity contribution in [3.05, 3.63) is 28.6 Å². The Hall–Kier alpha value is -1.59. The topological polar surface area (TPSA) is 57.4 Å². The minimum Gasteiger partial charge on any atom is -0.490 e. The van der Waals surface area contributed by atoms with Crippen molar-refractivity contribution in [3.8, 4) is 22.8 Å². The third kappa shape index (κ3) is 3.36. The summed E-state index contributed by atoms with van der Waals surface area (Å²) in [5.74, 6) is 1.63. The molecule has 0 saturated carbocycles. The Morgan fingerprint density at radius 2 is 2.10 bits per heavy atom. The summed E-state index contributed by atoms with van der Waals surface area (Å²) in [6.07, 6.45) is 2.73. The van der Waals surface area contributed by atoms with Crippen LogP contribution in [0.3, 0.4) is 0 Å². The fourth-order valence-corrected chi connectivity index (χ4v) is 3.13. The molecule has 0 amide bonds. The number of rotatable bonds is 4. The molecule has 0 bridgehead atoms. The van der Waals surface area contributed by atoms with Crippen molar-refractivity contribution in [3.63, 3.8) is 0 Å². The summed E-state index contributed by atoms with van der Waals surface area (Å²) >= 11 is 1.67. The van der Waals surface area contributed by atoms with E-state index in [-0.39, 0.29) is 6.04 Å². The zero-order chi connectivity index (χ0) is 14.7. The molecule has 0 spiro atoms. The van der Waals surface area contributed by atoms with Crippen LogP contribution in [0.4, 0.5) is 0 Å². The summed E-state index contributed by atoms with van der Waals surface area (Å²) in [5, 5.41) is 3.17. The van der Waals surface area contributed by atoms with Crippen LogP contribution in [-0.2, 0) is 6.42 Å². The van der Waals surface area contributed by atoms with Gasteiger partial charge in [0.05, 0.1) is 23.9 Å². The highest BCUT2D eigenvalue weighted by atomic mass is 32.1. The van der Waals surface area contributed by atoms with Crippen LogP contribution in [0.15, 0.2) is 23.6 Å². The molecule has 5 heteroatoms. The summed E-state index contributed by atoms with van der Waals surface area (Å²) in [7, 11) is 0. The fourth-order valence-electron chi connectivity index (χ4n) is 2.23. The lowest BCUT2D eigenvalue weighted by molar-refractivity contribution is 0.297. The van der Waals surface area contributed by atoms with Gasteiger partial charge >= 0.3 is 0 Å². The van der Waals surface area contributed by atoms with Crippen molar-refractivity contribution in [2.75, 3.05) is 13.2 Å². The van der Waals surface area contributed by atoms with Crippen molar-refractivity contribution in [2.45, 2.75) is 32.2 Å². The number of benzene rings is 1. The Morgan fingerprint density at radius 1 is 1.29 bits per heavy atom. The van der Waals surface area contributed by atoms with Crippen LogP contribution in [0.1, 0.15) is 24.8 Å². The predicted molar refractivity (Wildman–Crippen MR) is 85.1 cm³/mol. The van der Waals surface area contributed by atoms with E-state index in [9.17, 15) is 0 Å². The second-order valence-electron chi connectivity index (χ2n) is 5.21. The van der Waals surface area contributed by atoms with E-state index in [1.165, 1.54) is 0 Å². The number of fused-ring (bicyclic) bond motifs is 1. The number of nitrogens with two attached hydrogens (primary N) is 1. The van der Waals surface area contributed by atoms with Crippen LogP contribution in [0, 0.1) is 0 Å². The van der Waals surface area contributed by atoms with Gasteiger partial charge in [-0.25, -0.2) is 4.98 Å². The van der Waals surface area contributed by atoms with Gasteiger partial charge in [-0.3, -0.25) is 0 Å². The van der Waals surface area contributed by atoms with E-state index in [0.29, 0.717) is 13.2 Å². The molecule has 1 aromatic heterocycles. The van der Waals surface area contributed by atoms with Gasteiger partial charge in [-0.05, 0) is 24.6 Å². The number of ether oxygens (including phenoxy) is 2. The average Bonchev–Trinajstić information content (AvgIpc) is 2.83. The van der Waals surface area contributed by atoms with Gasteiger partial charge in [0, 0.05) is 29.8 Å². The molecule has 2 aromatic rings. The smallest absolute Gasteiger partial charge is 0.161 e. The van der Waals surface area contributed by atoms with Gasteiger partial charge in [0.1, 0.15) is 0 Å². The summed E-state index contributed by atoms with van der Waals surface area (Å²) in [5.41, 5.74) is 8.03. The first-order valence-electron chi connectivity index (χ1n) is 7.36. The highest BCUT2D eigenvalue weighted by Gasteiger charge is 2.13. The lowest BCUT2D eigenvalue weighted by Crippen LogP contribution is -2.21. The van der Waals surface area contributed by atoms with E-state index in [2.05, 4.69) is 17.3 Å². The monoisotopic (exact) mass is 304 g/mol. The van der Waals surface area contributed by atoms with Crippen LogP contribution in [0.2, 0.25) is 0 Å². The molecule has 1 aliphatic rings. The van der Waals surface area contributed by atoms with Crippen molar-refractivity contribution >= 4 is 11.3 Å². The van der Waals surface area contributed by atoms with E-state index in [0.717, 1.165) is 47.0 Å². The molecule has 1 unspecified atom stereocenters. The lowest BCUT2D eigenvalue weighted by Gasteiger charge is -2.08. The minimum absolute atomic E-state index is 0.188. The zero-order valence-corrected chi connectivity index (χ0v) is 13.0. The van der Waals surface area contributed by atoms with Crippen LogP contribution in [-0.4, -0.2) is 24.2 Å². The van der Waals surface area contributed by atoms with Gasteiger partial charge in [0.25, 0.3) is 0 Å². The second kappa shape index (κ2) is 6.45. The molecule has 3 rings (SSSR count). The summed E-state index contributed by atoms with van der Waals surface area (Å²) in [4.78, 5) is 4.68. The molecule has 0 radical (unpaired) electrons. The molecule has 2 heterocycles. The van der Waals surface area contributed by atoms with Gasteiger partial charge < -0.3 is 15.2 Å². The average molecular weight is 304 g/mol. The molecule has 1 aromatic carbocycles. The standard InChI is InChI=1S/C16H20N2O2S/c1-2-12(17)9-16-18-13(10-21-16)11-4-5-14-15(8-11)20-7-3-6-19-14/h4-5,8,10,12H,2-3,6-7,9,17H2,1H3. The van der Waals surface area contributed by atoms with Gasteiger partial charge in [0.15, 0.2) is 11.5 Å². The fraction of sp³-hybridized carbons (Fsp3) is 0.438. The number of aromatic nitrogens is 1. The van der Waals surface area contributed by atoms with E-state index >= 15 is 0 Å². The number of thiazole rings is 1. The summed E-state index contributed by atoms with van der Waals surface area (Å²) in [6.45, 7) is 3.51. The quantitative estimate of drug-likeness (QED) is 0.942. The molecule has 1 aliphatic heterocycles. The molecule has 112 valence electrons.